The van der Waals surface area contributed by atoms with E-state index in [-0.39, 0.29) is 17.8 Å². The zero-order valence-corrected chi connectivity index (χ0v) is 16.5. The second kappa shape index (κ2) is 6.90. The molecule has 0 atom stereocenters. The molecule has 1 aliphatic carbocycles. The van der Waals surface area contributed by atoms with E-state index in [2.05, 4.69) is 0 Å². The Kier molecular flexibility index (Phi) is 4.88. The predicted molar refractivity (Wildman–Crippen MR) is 97.4 cm³/mol. The van der Waals surface area contributed by atoms with E-state index in [1.165, 1.54) is 24.1 Å². The van der Waals surface area contributed by atoms with E-state index in [4.69, 9.17) is 9.47 Å². The van der Waals surface area contributed by atoms with Gasteiger partial charge < -0.3 is 9.47 Å². The molecule has 0 aromatic heterocycles. The first kappa shape index (κ1) is 19.8. The number of amides is 2. The van der Waals surface area contributed by atoms with Crippen LogP contribution < -0.4 is 0 Å². The first-order valence-corrected chi connectivity index (χ1v) is 9.01. The fourth-order valence-corrected chi connectivity index (χ4v) is 3.48. The van der Waals surface area contributed by atoms with Crippen molar-refractivity contribution in [3.05, 3.63) is 35.4 Å². The van der Waals surface area contributed by atoms with Gasteiger partial charge in [0.05, 0.1) is 12.2 Å². The quantitative estimate of drug-likeness (QED) is 0.716. The fraction of sp³-hybridized carbons (Fsp3) is 0.474. The lowest BCUT2D eigenvalue weighted by Crippen LogP contribution is -2.64. The van der Waals surface area contributed by atoms with Crippen molar-refractivity contribution in [1.29, 1.82) is 0 Å². The Morgan fingerprint density at radius 1 is 0.929 bits per heavy atom. The lowest BCUT2D eigenvalue weighted by atomic mass is 10.0. The Morgan fingerprint density at radius 3 is 1.86 bits per heavy atom. The third-order valence-corrected chi connectivity index (χ3v) is 4.55. The van der Waals surface area contributed by atoms with Gasteiger partial charge >= 0.3 is 12.2 Å². The highest BCUT2D eigenvalue weighted by atomic mass is 16.6. The Balaban J connectivity index is 2.13. The molecular formula is C19H23N3O6. The summed E-state index contributed by atoms with van der Waals surface area (Å²) in [4.78, 5) is 53.6. The summed E-state index contributed by atoms with van der Waals surface area (Å²) < 4.78 is 10.5. The molecule has 3 rings (SSSR count). The van der Waals surface area contributed by atoms with Gasteiger partial charge in [-0.15, -0.1) is 0 Å². The molecule has 1 spiro atoms. The molecule has 1 heterocycles. The number of Topliss-reactive ketones (excluding diaryl/α,β-unsaturated/α-hetero) is 2. The molecule has 0 bridgehead atoms. The van der Waals surface area contributed by atoms with Crippen LogP contribution in [0.15, 0.2) is 24.3 Å². The van der Waals surface area contributed by atoms with Gasteiger partial charge in [0.1, 0.15) is 6.67 Å². The monoisotopic (exact) mass is 389 g/mol. The third-order valence-electron chi connectivity index (χ3n) is 4.55. The number of benzene rings is 1. The zero-order chi connectivity index (χ0) is 20.8. The maximum Gasteiger partial charge on any atom is 0.431 e. The van der Waals surface area contributed by atoms with Gasteiger partial charge in [0.2, 0.25) is 17.2 Å². The number of ether oxygens (including phenoxy) is 2. The van der Waals surface area contributed by atoms with Crippen LogP contribution in [0, 0.1) is 0 Å². The van der Waals surface area contributed by atoms with Crippen LogP contribution in [0.25, 0.3) is 0 Å². The summed E-state index contributed by atoms with van der Waals surface area (Å²) in [6.45, 7) is 6.39. The minimum absolute atomic E-state index is 0.190. The number of likely N-dealkylation sites (N-methyl/N-ethyl adjacent to an activating group) is 1. The van der Waals surface area contributed by atoms with Crippen molar-refractivity contribution in [2.75, 3.05) is 13.7 Å². The van der Waals surface area contributed by atoms with Gasteiger partial charge in [-0.1, -0.05) is 24.3 Å². The molecule has 1 saturated heterocycles. The van der Waals surface area contributed by atoms with Crippen LogP contribution in [0.3, 0.4) is 0 Å². The van der Waals surface area contributed by atoms with Crippen LogP contribution in [-0.2, 0) is 9.47 Å². The highest BCUT2D eigenvalue weighted by molar-refractivity contribution is 6.33. The molecule has 1 fully saturated rings. The Hall–Kier alpha value is -2.94. The van der Waals surface area contributed by atoms with Crippen molar-refractivity contribution in [1.82, 2.24) is 14.9 Å². The molecule has 0 unspecified atom stereocenters. The van der Waals surface area contributed by atoms with Crippen LogP contribution in [0.2, 0.25) is 0 Å². The normalized spacial score (nSPS) is 18.4. The van der Waals surface area contributed by atoms with Gasteiger partial charge in [-0.3, -0.25) is 9.59 Å². The second-order valence-corrected chi connectivity index (χ2v) is 7.29. The lowest BCUT2D eigenvalue weighted by molar-refractivity contribution is -0.0405. The van der Waals surface area contributed by atoms with Crippen molar-refractivity contribution in [2.45, 2.75) is 45.6 Å². The van der Waals surface area contributed by atoms with Crippen molar-refractivity contribution < 1.29 is 28.7 Å². The minimum Gasteiger partial charge on any atom is -0.445 e. The van der Waals surface area contributed by atoms with E-state index < -0.39 is 41.6 Å². The van der Waals surface area contributed by atoms with Gasteiger partial charge in [-0.2, -0.15) is 10.0 Å². The highest BCUT2D eigenvalue weighted by Crippen LogP contribution is 2.42. The van der Waals surface area contributed by atoms with Crippen molar-refractivity contribution in [2.24, 2.45) is 0 Å². The van der Waals surface area contributed by atoms with Crippen LogP contribution in [0.1, 0.15) is 48.4 Å². The number of carbonyl (C=O) groups excluding carboxylic acids is 4. The van der Waals surface area contributed by atoms with E-state index >= 15 is 0 Å². The Bertz CT molecular complexity index is 815. The number of hydrogen-bond acceptors (Lipinski definition) is 7. The Labute approximate surface area is 162 Å². The second-order valence-electron chi connectivity index (χ2n) is 7.29. The average Bonchev–Trinajstić information content (AvgIpc) is 3.04. The van der Waals surface area contributed by atoms with E-state index in [1.807, 2.05) is 0 Å². The summed E-state index contributed by atoms with van der Waals surface area (Å²) in [6.07, 6.45) is -2.80. The van der Waals surface area contributed by atoms with E-state index in [0.29, 0.717) is 0 Å². The smallest absolute Gasteiger partial charge is 0.431 e. The minimum atomic E-state index is -2.02. The maximum atomic E-state index is 13.3. The van der Waals surface area contributed by atoms with E-state index in [9.17, 15) is 19.2 Å². The van der Waals surface area contributed by atoms with E-state index in [0.717, 1.165) is 10.0 Å². The Morgan fingerprint density at radius 2 is 1.39 bits per heavy atom. The summed E-state index contributed by atoms with van der Waals surface area (Å²) in [5.74, 6) is -1.17. The summed E-state index contributed by atoms with van der Waals surface area (Å²) in [6, 6.07) is 6.33. The van der Waals surface area contributed by atoms with Crippen LogP contribution in [0.5, 0.6) is 0 Å². The number of rotatable bonds is 2. The van der Waals surface area contributed by atoms with Gasteiger partial charge in [0.15, 0.2) is 0 Å². The molecule has 9 heteroatoms. The van der Waals surface area contributed by atoms with Crippen LogP contribution in [0.4, 0.5) is 9.59 Å². The topological polar surface area (TPSA) is 96.5 Å². The zero-order valence-electron chi connectivity index (χ0n) is 16.5. The summed E-state index contributed by atoms with van der Waals surface area (Å²) in [5, 5.41) is 1.73. The molecule has 28 heavy (non-hydrogen) atoms. The van der Waals surface area contributed by atoms with E-state index in [1.54, 1.807) is 39.8 Å². The number of fused-ring (bicyclic) bond motifs is 1. The largest absolute Gasteiger partial charge is 0.445 e. The van der Waals surface area contributed by atoms with Crippen LogP contribution in [-0.4, -0.2) is 70.3 Å². The molecule has 2 aliphatic rings. The lowest BCUT2D eigenvalue weighted by Gasteiger charge is -2.36. The average molecular weight is 389 g/mol. The van der Waals surface area contributed by atoms with Gasteiger partial charge in [0.25, 0.3) is 0 Å². The summed E-state index contributed by atoms with van der Waals surface area (Å²) in [7, 11) is 1.50. The number of carbonyl (C=O) groups is 4. The number of ketones is 2. The fourth-order valence-electron chi connectivity index (χ4n) is 3.48. The maximum absolute atomic E-state index is 13.3. The molecule has 2 amide bonds. The first-order valence-electron chi connectivity index (χ1n) is 9.01. The molecule has 0 saturated carbocycles. The van der Waals surface area contributed by atoms with Crippen LogP contribution >= 0.6 is 0 Å². The van der Waals surface area contributed by atoms with Crippen molar-refractivity contribution in [3.8, 4) is 0 Å². The van der Waals surface area contributed by atoms with Crippen molar-refractivity contribution in [3.63, 3.8) is 0 Å². The number of nitrogens with zero attached hydrogens (tertiary/aromatic N) is 3. The summed E-state index contributed by atoms with van der Waals surface area (Å²) in [5.41, 5.74) is -1.63. The SMILES string of the molecule is CC(C)OC(=O)N1CN(C)C2(C(=O)c3ccccc3C2=O)N1C(=O)OC(C)C. The molecule has 150 valence electrons. The molecule has 1 aromatic carbocycles. The molecule has 1 aliphatic heterocycles. The highest BCUT2D eigenvalue weighted by Gasteiger charge is 2.68. The van der Waals surface area contributed by atoms with Crippen molar-refractivity contribution >= 4 is 23.8 Å². The molecular weight excluding hydrogens is 366 g/mol. The number of hydrogen-bond donors (Lipinski definition) is 0. The first-order chi connectivity index (χ1) is 13.1. The standard InChI is InChI=1S/C19H23N3O6/c1-11(2)27-17(25)21-10-20(5)19(22(21)18(26)28-12(3)4)15(23)13-8-6-7-9-14(13)16(19)24/h6-9,11-12H,10H2,1-5H3. The van der Waals surface area contributed by atoms with Gasteiger partial charge in [0, 0.05) is 11.1 Å². The summed E-state index contributed by atoms with van der Waals surface area (Å²) >= 11 is 0. The predicted octanol–water partition coefficient (Wildman–Crippen LogP) is 2.27. The third kappa shape index (κ3) is 2.73. The van der Waals surface area contributed by atoms with Gasteiger partial charge in [-0.25, -0.2) is 14.5 Å². The van der Waals surface area contributed by atoms with Gasteiger partial charge in [-0.05, 0) is 34.7 Å². The number of hydrazine groups is 1. The molecule has 0 radical (unpaired) electrons. The molecule has 0 N–H and O–H groups in total. The molecule has 1 aromatic rings. The molecule has 9 nitrogen and oxygen atoms in total.